The van der Waals surface area contributed by atoms with E-state index < -0.39 is 40.2 Å². The third kappa shape index (κ3) is 10.1. The summed E-state index contributed by atoms with van der Waals surface area (Å²) in [5, 5.41) is 0.760. The summed E-state index contributed by atoms with van der Waals surface area (Å²) in [6.07, 6.45) is 3.44. The number of benzene rings is 2. The van der Waals surface area contributed by atoms with Crippen molar-refractivity contribution in [3.63, 3.8) is 0 Å². The van der Waals surface area contributed by atoms with Crippen molar-refractivity contribution < 1.29 is 37.1 Å². The first-order chi connectivity index (χ1) is 26.0. The number of esters is 1. The van der Waals surface area contributed by atoms with Gasteiger partial charge in [-0.15, -0.1) is 0 Å². The number of ether oxygens (including phenoxy) is 3. The van der Waals surface area contributed by atoms with Crippen LogP contribution in [-0.4, -0.2) is 52.8 Å². The fraction of sp³-hybridized carbons (Fsp3) is 0.652. The Kier molecular flexibility index (Phi) is 14.8. The third-order valence-corrected chi connectivity index (χ3v) is 21.4. The number of carbonyl (C=O) groups is 2. The molecule has 0 spiro atoms. The maximum atomic E-state index is 15.0. The second kappa shape index (κ2) is 18.0. The number of ketones is 1. The lowest BCUT2D eigenvalue weighted by molar-refractivity contribution is -0.154. The van der Waals surface area contributed by atoms with Gasteiger partial charge in [0.1, 0.15) is 29.8 Å². The van der Waals surface area contributed by atoms with Gasteiger partial charge in [0.05, 0.1) is 31.1 Å². The zero-order chi connectivity index (χ0) is 41.9. The van der Waals surface area contributed by atoms with E-state index in [0.29, 0.717) is 37.6 Å². The Morgan fingerprint density at radius 3 is 2.09 bits per heavy atom. The van der Waals surface area contributed by atoms with Crippen LogP contribution in [0.5, 0.6) is 5.75 Å². The van der Waals surface area contributed by atoms with Crippen LogP contribution in [0, 0.1) is 5.92 Å². The van der Waals surface area contributed by atoms with Crippen LogP contribution >= 0.6 is 0 Å². The topological polar surface area (TPSA) is 96.7 Å². The van der Waals surface area contributed by atoms with E-state index in [9.17, 15) is 9.59 Å². The molecule has 1 fully saturated rings. The molecular weight excluding hydrogens is 737 g/mol. The summed E-state index contributed by atoms with van der Waals surface area (Å²) in [6.45, 7) is 33.3. The standard InChI is InChI=1S/C46H72O8Si2/c1-16-22-34(38(47)27-40(54-56(14,15)45(9,10)11)46(39(17-2)53-46)43(48)49-18-3)36-29-51-42-35(36)26-33(25-31(4)5)41(50-28-32-23-20-19-21-24-32)37(42)30-52-55(12,13)44(6,7)8/h19-21,23-24,26,29,31,34,39-40H,16-18,22,25,27-28,30H2,1-15H3/t34-,39+,40-,46?/m1/s1. The van der Waals surface area contributed by atoms with Gasteiger partial charge in [0.2, 0.25) is 5.60 Å². The molecule has 3 aromatic rings. The summed E-state index contributed by atoms with van der Waals surface area (Å²) < 4.78 is 39.1. The molecule has 10 heteroatoms. The van der Waals surface area contributed by atoms with Gasteiger partial charge in [-0.25, -0.2) is 4.79 Å². The monoisotopic (exact) mass is 808 g/mol. The maximum Gasteiger partial charge on any atom is 0.343 e. The van der Waals surface area contributed by atoms with Crippen LogP contribution in [0.3, 0.4) is 0 Å². The number of epoxide rings is 1. The predicted molar refractivity (Wildman–Crippen MR) is 231 cm³/mol. The van der Waals surface area contributed by atoms with Gasteiger partial charge in [-0.05, 0) is 85.6 Å². The predicted octanol–water partition coefficient (Wildman–Crippen LogP) is 12.1. The summed E-state index contributed by atoms with van der Waals surface area (Å²) >= 11 is 0. The first-order valence-electron chi connectivity index (χ1n) is 21.0. The number of furan rings is 1. The summed E-state index contributed by atoms with van der Waals surface area (Å²) in [5.74, 6) is 0.213. The maximum absolute atomic E-state index is 15.0. The lowest BCUT2D eigenvalue weighted by atomic mass is 9.84. The summed E-state index contributed by atoms with van der Waals surface area (Å²) in [6, 6.07) is 12.4. The SMILES string of the molecule is CCC[C@@H](C(=O)C[C@@H](O[Si](C)(C)C(C)(C)C)C1(C(=O)OCC)O[C@H]1CC)c1coc2c(CO[Si](C)(C)C(C)(C)C)c(OCc3ccccc3)c(CC(C)C)cc12. The summed E-state index contributed by atoms with van der Waals surface area (Å²) in [7, 11) is -4.65. The van der Waals surface area contributed by atoms with Gasteiger partial charge in [0.15, 0.2) is 16.6 Å². The first kappa shape index (κ1) is 45.9. The second-order valence-corrected chi connectivity index (χ2v) is 28.8. The molecule has 56 heavy (non-hydrogen) atoms. The summed E-state index contributed by atoms with van der Waals surface area (Å²) in [4.78, 5) is 28.7. The Hall–Kier alpha value is -2.77. The average Bonchev–Trinajstić information content (AvgIpc) is 3.72. The minimum Gasteiger partial charge on any atom is -0.488 e. The van der Waals surface area contributed by atoms with Crippen molar-refractivity contribution in [2.24, 2.45) is 5.92 Å². The highest BCUT2D eigenvalue weighted by molar-refractivity contribution is 6.74. The van der Waals surface area contributed by atoms with Crippen LogP contribution in [0.1, 0.15) is 130 Å². The van der Waals surface area contributed by atoms with Crippen LogP contribution in [0.25, 0.3) is 11.0 Å². The van der Waals surface area contributed by atoms with Crippen molar-refractivity contribution in [2.75, 3.05) is 6.61 Å². The molecule has 0 radical (unpaired) electrons. The zero-order valence-corrected chi connectivity index (χ0v) is 39.3. The quantitative estimate of drug-likeness (QED) is 0.0632. The van der Waals surface area contributed by atoms with E-state index in [1.807, 2.05) is 25.1 Å². The Bertz CT molecular complexity index is 1780. The highest BCUT2D eigenvalue weighted by Gasteiger charge is 2.69. The van der Waals surface area contributed by atoms with E-state index in [-0.39, 0.29) is 35.0 Å². The van der Waals surface area contributed by atoms with Crippen LogP contribution in [0.4, 0.5) is 0 Å². The minimum atomic E-state index is -2.47. The molecule has 1 unspecified atom stereocenters. The van der Waals surface area contributed by atoms with Crippen LogP contribution < -0.4 is 4.74 Å². The number of hydrogen-bond acceptors (Lipinski definition) is 8. The Morgan fingerprint density at radius 1 is 0.911 bits per heavy atom. The molecule has 4 rings (SSSR count). The smallest absolute Gasteiger partial charge is 0.343 e. The number of fused-ring (bicyclic) bond motifs is 1. The van der Waals surface area contributed by atoms with Crippen molar-refractivity contribution in [2.45, 2.75) is 181 Å². The van der Waals surface area contributed by atoms with Gasteiger partial charge in [-0.1, -0.05) is 106 Å². The molecule has 8 nitrogen and oxygen atoms in total. The Balaban J connectivity index is 1.87. The molecule has 312 valence electrons. The number of rotatable bonds is 20. The number of hydrogen-bond donors (Lipinski definition) is 0. The van der Waals surface area contributed by atoms with Gasteiger partial charge >= 0.3 is 5.97 Å². The molecule has 4 atom stereocenters. The normalized spacial score (nSPS) is 19.0. The molecule has 0 aliphatic carbocycles. The van der Waals surface area contributed by atoms with Crippen LogP contribution in [0.2, 0.25) is 36.3 Å². The van der Waals surface area contributed by atoms with Gasteiger partial charge in [0.25, 0.3) is 0 Å². The molecule has 1 aliphatic rings. The number of Topliss-reactive ketones (excluding diaryl/α,β-unsaturated/α-hetero) is 1. The lowest BCUT2D eigenvalue weighted by Gasteiger charge is -2.40. The van der Waals surface area contributed by atoms with Crippen molar-refractivity contribution in [3.8, 4) is 5.75 Å². The van der Waals surface area contributed by atoms with E-state index in [1.54, 1.807) is 13.2 Å². The number of carbonyl (C=O) groups excluding carboxylic acids is 2. The first-order valence-corrected chi connectivity index (χ1v) is 26.8. The molecular formula is C46H72O8Si2. The van der Waals surface area contributed by atoms with Crippen molar-refractivity contribution >= 4 is 39.4 Å². The van der Waals surface area contributed by atoms with Crippen LogP contribution in [-0.2, 0) is 47.5 Å². The van der Waals surface area contributed by atoms with Crippen LogP contribution in [0.15, 0.2) is 47.1 Å². The molecule has 0 N–H and O–H groups in total. The molecule has 0 saturated carbocycles. The van der Waals surface area contributed by atoms with Gasteiger partial charge in [-0.2, -0.15) is 0 Å². The lowest BCUT2D eigenvalue weighted by Crippen LogP contribution is -2.52. The molecule has 2 heterocycles. The van der Waals surface area contributed by atoms with E-state index in [1.165, 1.54) is 0 Å². The second-order valence-electron chi connectivity index (χ2n) is 19.2. The molecule has 0 bridgehead atoms. The van der Waals surface area contributed by atoms with Gasteiger partial charge in [-0.3, -0.25) is 4.79 Å². The van der Waals surface area contributed by atoms with E-state index in [2.05, 4.69) is 107 Å². The molecule has 0 amide bonds. The van der Waals surface area contributed by atoms with Gasteiger partial charge < -0.3 is 27.5 Å². The Labute approximate surface area is 340 Å². The molecule has 1 saturated heterocycles. The highest BCUT2D eigenvalue weighted by Crippen LogP contribution is 2.50. The fourth-order valence-electron chi connectivity index (χ4n) is 7.01. The fourth-order valence-corrected chi connectivity index (χ4v) is 9.28. The van der Waals surface area contributed by atoms with E-state index >= 15 is 0 Å². The average molecular weight is 809 g/mol. The van der Waals surface area contributed by atoms with E-state index in [0.717, 1.165) is 46.2 Å². The highest BCUT2D eigenvalue weighted by atomic mass is 28.4. The largest absolute Gasteiger partial charge is 0.488 e. The molecule has 1 aliphatic heterocycles. The summed E-state index contributed by atoms with van der Waals surface area (Å²) in [5.41, 5.74) is 3.25. The third-order valence-electron chi connectivity index (χ3n) is 12.4. The molecule has 2 aromatic carbocycles. The van der Waals surface area contributed by atoms with Crippen molar-refractivity contribution in [3.05, 3.63) is 64.9 Å². The van der Waals surface area contributed by atoms with Crippen molar-refractivity contribution in [1.29, 1.82) is 0 Å². The Morgan fingerprint density at radius 2 is 1.55 bits per heavy atom. The van der Waals surface area contributed by atoms with Crippen molar-refractivity contribution in [1.82, 2.24) is 0 Å². The van der Waals surface area contributed by atoms with E-state index in [4.69, 9.17) is 27.5 Å². The van der Waals surface area contributed by atoms with Gasteiger partial charge in [0, 0.05) is 23.3 Å². The zero-order valence-electron chi connectivity index (χ0n) is 37.3. The molecule has 1 aromatic heterocycles. The minimum absolute atomic E-state index is 0.00109.